The first kappa shape index (κ1) is 10.9. The summed E-state index contributed by atoms with van der Waals surface area (Å²) in [5, 5.41) is 11.3. The van der Waals surface area contributed by atoms with E-state index in [4.69, 9.17) is 9.68 Å². The van der Waals surface area contributed by atoms with Crippen LogP contribution in [0.3, 0.4) is 0 Å². The van der Waals surface area contributed by atoms with Crippen molar-refractivity contribution in [1.29, 1.82) is 5.26 Å². The monoisotopic (exact) mass is 227 g/mol. The van der Waals surface area contributed by atoms with E-state index in [2.05, 4.69) is 10.3 Å². The molecule has 2 rings (SSSR count). The number of nitrogens with one attached hydrogen (secondary N) is 1. The van der Waals surface area contributed by atoms with Gasteiger partial charge in [-0.15, -0.1) is 0 Å². The van der Waals surface area contributed by atoms with Crippen LogP contribution in [-0.4, -0.2) is 10.9 Å². The van der Waals surface area contributed by atoms with Crippen LogP contribution in [0.4, 0.5) is 0 Å². The van der Waals surface area contributed by atoms with Crippen molar-refractivity contribution in [2.75, 3.05) is 0 Å². The Morgan fingerprint density at radius 3 is 2.76 bits per heavy atom. The Kier molecular flexibility index (Phi) is 3.17. The van der Waals surface area contributed by atoms with Crippen LogP contribution in [0.5, 0.6) is 0 Å². The average molecular weight is 227 g/mol. The molecule has 0 aliphatic heterocycles. The molecule has 0 atom stereocenters. The van der Waals surface area contributed by atoms with E-state index in [-0.39, 0.29) is 12.5 Å². The average Bonchev–Trinajstić information content (AvgIpc) is 2.89. The van der Waals surface area contributed by atoms with Gasteiger partial charge in [0.05, 0.1) is 24.4 Å². The van der Waals surface area contributed by atoms with E-state index < -0.39 is 0 Å². The number of hydrogen-bond donors (Lipinski definition) is 1. The number of benzene rings is 1. The molecule has 2 aromatic rings. The maximum absolute atomic E-state index is 11.7. The Hall–Kier alpha value is -2.61. The van der Waals surface area contributed by atoms with Gasteiger partial charge < -0.3 is 9.73 Å². The molecule has 0 saturated heterocycles. The van der Waals surface area contributed by atoms with Crippen LogP contribution in [0.2, 0.25) is 0 Å². The minimum atomic E-state index is -0.229. The molecule has 1 aromatic heterocycles. The first-order valence-corrected chi connectivity index (χ1v) is 4.96. The number of nitrogens with zero attached hydrogens (tertiary/aromatic N) is 2. The second-order valence-corrected chi connectivity index (χ2v) is 3.30. The maximum Gasteiger partial charge on any atom is 0.251 e. The fraction of sp³-hybridized carbons (Fsp3) is 0.0833. The molecule has 0 saturated carbocycles. The number of hydrogen-bond acceptors (Lipinski definition) is 4. The Bertz CT molecular complexity index is 538. The molecule has 1 aromatic carbocycles. The smallest absolute Gasteiger partial charge is 0.251 e. The molecule has 84 valence electrons. The summed E-state index contributed by atoms with van der Waals surface area (Å²) in [5.74, 6) is 0.222. The van der Waals surface area contributed by atoms with Crippen molar-refractivity contribution < 1.29 is 9.21 Å². The van der Waals surface area contributed by atoms with Gasteiger partial charge in [0, 0.05) is 5.56 Å². The second-order valence-electron chi connectivity index (χ2n) is 3.30. The highest BCUT2D eigenvalue weighted by Gasteiger charge is 2.06. The molecule has 0 radical (unpaired) electrons. The summed E-state index contributed by atoms with van der Waals surface area (Å²) >= 11 is 0. The van der Waals surface area contributed by atoms with Crippen molar-refractivity contribution in [3.05, 3.63) is 53.7 Å². The van der Waals surface area contributed by atoms with E-state index in [9.17, 15) is 4.79 Å². The lowest BCUT2D eigenvalue weighted by molar-refractivity contribution is 0.0947. The van der Waals surface area contributed by atoms with E-state index in [1.807, 2.05) is 6.07 Å². The Labute approximate surface area is 97.7 Å². The van der Waals surface area contributed by atoms with Gasteiger partial charge in [-0.05, 0) is 24.3 Å². The summed E-state index contributed by atoms with van der Waals surface area (Å²) < 4.78 is 4.99. The van der Waals surface area contributed by atoms with Crippen LogP contribution in [0.1, 0.15) is 21.8 Å². The fourth-order valence-electron chi connectivity index (χ4n) is 1.29. The molecule has 0 unspecified atom stereocenters. The number of aromatic nitrogens is 1. The number of nitriles is 1. The van der Waals surface area contributed by atoms with Crippen LogP contribution in [0, 0.1) is 11.3 Å². The summed E-state index contributed by atoms with van der Waals surface area (Å²) in [4.78, 5) is 15.6. The number of rotatable bonds is 3. The zero-order chi connectivity index (χ0) is 12.1. The summed E-state index contributed by atoms with van der Waals surface area (Å²) in [6, 6.07) is 8.39. The van der Waals surface area contributed by atoms with Crippen molar-refractivity contribution in [2.45, 2.75) is 6.54 Å². The normalized spacial score (nSPS) is 9.59. The van der Waals surface area contributed by atoms with Crippen LogP contribution >= 0.6 is 0 Å². The molecule has 0 spiro atoms. The van der Waals surface area contributed by atoms with Crippen molar-refractivity contribution >= 4 is 5.91 Å². The van der Waals surface area contributed by atoms with Gasteiger partial charge >= 0.3 is 0 Å². The minimum Gasteiger partial charge on any atom is -0.447 e. The number of oxazole rings is 1. The SMILES string of the molecule is N#Cc1ccc(C(=O)NCc2ncco2)cc1. The molecule has 0 aliphatic carbocycles. The Balaban J connectivity index is 1.97. The summed E-state index contributed by atoms with van der Waals surface area (Å²) in [6.45, 7) is 0.242. The number of carbonyl (C=O) groups is 1. The third-order valence-corrected chi connectivity index (χ3v) is 2.16. The Morgan fingerprint density at radius 1 is 1.41 bits per heavy atom. The van der Waals surface area contributed by atoms with Crippen LogP contribution in [0.15, 0.2) is 41.1 Å². The largest absolute Gasteiger partial charge is 0.447 e. The van der Waals surface area contributed by atoms with Crippen molar-refractivity contribution in [2.24, 2.45) is 0 Å². The van der Waals surface area contributed by atoms with E-state index >= 15 is 0 Å². The van der Waals surface area contributed by atoms with E-state index in [0.717, 1.165) is 0 Å². The molecule has 0 aliphatic rings. The van der Waals surface area contributed by atoms with Gasteiger partial charge in [-0.3, -0.25) is 4.79 Å². The predicted molar refractivity (Wildman–Crippen MR) is 58.8 cm³/mol. The quantitative estimate of drug-likeness (QED) is 0.861. The van der Waals surface area contributed by atoms with Crippen molar-refractivity contribution in [1.82, 2.24) is 10.3 Å². The molecule has 0 bridgehead atoms. The van der Waals surface area contributed by atoms with Gasteiger partial charge in [-0.25, -0.2) is 4.98 Å². The first-order valence-electron chi connectivity index (χ1n) is 4.96. The van der Waals surface area contributed by atoms with Gasteiger partial charge in [-0.1, -0.05) is 0 Å². The fourth-order valence-corrected chi connectivity index (χ4v) is 1.29. The van der Waals surface area contributed by atoms with Crippen molar-refractivity contribution in [3.63, 3.8) is 0 Å². The molecule has 1 N–H and O–H groups in total. The second kappa shape index (κ2) is 4.94. The molecule has 17 heavy (non-hydrogen) atoms. The van der Waals surface area contributed by atoms with Crippen LogP contribution in [0.25, 0.3) is 0 Å². The highest BCUT2D eigenvalue weighted by Crippen LogP contribution is 2.03. The molecule has 1 amide bonds. The van der Waals surface area contributed by atoms with Crippen LogP contribution in [-0.2, 0) is 6.54 Å². The lowest BCUT2D eigenvalue weighted by atomic mass is 10.1. The van der Waals surface area contributed by atoms with E-state index in [0.29, 0.717) is 17.0 Å². The molecule has 0 fully saturated rings. The van der Waals surface area contributed by atoms with Gasteiger partial charge in [0.25, 0.3) is 5.91 Å². The third-order valence-electron chi connectivity index (χ3n) is 2.16. The highest BCUT2D eigenvalue weighted by molar-refractivity contribution is 5.94. The standard InChI is InChI=1S/C12H9N3O2/c13-7-9-1-3-10(4-2-9)12(16)15-8-11-14-5-6-17-11/h1-6H,8H2,(H,15,16). The van der Waals surface area contributed by atoms with Gasteiger partial charge in [-0.2, -0.15) is 5.26 Å². The molecule has 5 nitrogen and oxygen atoms in total. The summed E-state index contributed by atoms with van der Waals surface area (Å²) in [5.41, 5.74) is 1.02. The van der Waals surface area contributed by atoms with Crippen molar-refractivity contribution in [3.8, 4) is 6.07 Å². The third kappa shape index (κ3) is 2.69. The van der Waals surface area contributed by atoms with Crippen LogP contribution < -0.4 is 5.32 Å². The number of amides is 1. The molecular weight excluding hydrogens is 218 g/mol. The number of carbonyl (C=O) groups excluding carboxylic acids is 1. The zero-order valence-electron chi connectivity index (χ0n) is 8.88. The molecular formula is C12H9N3O2. The highest BCUT2D eigenvalue weighted by atomic mass is 16.3. The predicted octanol–water partition coefficient (Wildman–Crippen LogP) is 1.48. The molecule has 5 heteroatoms. The summed E-state index contributed by atoms with van der Waals surface area (Å²) in [6.07, 6.45) is 2.96. The maximum atomic E-state index is 11.7. The topological polar surface area (TPSA) is 78.9 Å². The first-order chi connectivity index (χ1) is 8.29. The lowest BCUT2D eigenvalue weighted by Gasteiger charge is -2.02. The van der Waals surface area contributed by atoms with Gasteiger partial charge in [0.1, 0.15) is 6.26 Å². The summed E-state index contributed by atoms with van der Waals surface area (Å²) in [7, 11) is 0. The van der Waals surface area contributed by atoms with Gasteiger partial charge in [0.2, 0.25) is 5.89 Å². The van der Waals surface area contributed by atoms with E-state index in [1.54, 1.807) is 24.3 Å². The lowest BCUT2D eigenvalue weighted by Crippen LogP contribution is -2.22. The van der Waals surface area contributed by atoms with E-state index in [1.165, 1.54) is 12.5 Å². The minimum absolute atomic E-state index is 0.229. The Morgan fingerprint density at radius 2 is 2.18 bits per heavy atom. The zero-order valence-corrected chi connectivity index (χ0v) is 8.88. The van der Waals surface area contributed by atoms with Gasteiger partial charge in [0.15, 0.2) is 0 Å². The molecule has 1 heterocycles.